The average molecular weight is 196 g/mol. The van der Waals surface area contributed by atoms with Crippen LogP contribution in [0.2, 0.25) is 0 Å². The lowest BCUT2D eigenvalue weighted by atomic mass is 10.2. The van der Waals surface area contributed by atoms with Gasteiger partial charge in [-0.1, -0.05) is 6.92 Å². The minimum atomic E-state index is -0.114. The first kappa shape index (κ1) is 10.7. The van der Waals surface area contributed by atoms with Crippen LogP contribution in [0, 0.1) is 5.92 Å². The summed E-state index contributed by atoms with van der Waals surface area (Å²) in [6.45, 7) is 3.28. The van der Waals surface area contributed by atoms with Gasteiger partial charge in [0.05, 0.1) is 0 Å². The van der Waals surface area contributed by atoms with Crippen molar-refractivity contribution in [3.05, 3.63) is 22.7 Å². The Morgan fingerprint density at radius 3 is 3.07 bits per heavy atom. The molecule has 0 radical (unpaired) electrons. The fourth-order valence-corrected chi connectivity index (χ4v) is 0.973. The number of anilines is 1. The average Bonchev–Trinajstić information content (AvgIpc) is 2.20. The molecule has 1 atom stereocenters. The highest BCUT2D eigenvalue weighted by molar-refractivity contribution is 5.30. The third-order valence-corrected chi connectivity index (χ3v) is 2.04. The van der Waals surface area contributed by atoms with Gasteiger partial charge in [-0.25, -0.2) is 4.98 Å². The minimum Gasteiger partial charge on any atom is -0.365 e. The first-order valence-corrected chi connectivity index (χ1v) is 4.60. The third-order valence-electron chi connectivity index (χ3n) is 2.04. The highest BCUT2D eigenvalue weighted by atomic mass is 16.1. The zero-order chi connectivity index (χ0) is 10.6. The lowest BCUT2D eigenvalue weighted by molar-refractivity contribution is 0.625. The highest BCUT2D eigenvalue weighted by Gasteiger charge is 2.03. The molecule has 1 rings (SSSR count). The lowest BCUT2D eigenvalue weighted by Crippen LogP contribution is -2.26. The van der Waals surface area contributed by atoms with Crippen molar-refractivity contribution in [1.82, 2.24) is 9.55 Å². The molecule has 5 heteroatoms. The van der Waals surface area contributed by atoms with Crippen molar-refractivity contribution in [2.75, 3.05) is 18.4 Å². The smallest absolute Gasteiger partial charge is 0.293 e. The van der Waals surface area contributed by atoms with Crippen LogP contribution in [0.15, 0.2) is 17.2 Å². The summed E-state index contributed by atoms with van der Waals surface area (Å²) in [7, 11) is 1.70. The SMILES string of the molecule is CC(CN)CNc1nccn(C)c1=O. The first-order chi connectivity index (χ1) is 6.65. The monoisotopic (exact) mass is 196 g/mol. The van der Waals surface area contributed by atoms with E-state index in [1.165, 1.54) is 4.57 Å². The summed E-state index contributed by atoms with van der Waals surface area (Å²) >= 11 is 0. The maximum Gasteiger partial charge on any atom is 0.293 e. The van der Waals surface area contributed by atoms with E-state index >= 15 is 0 Å². The second-order valence-corrected chi connectivity index (χ2v) is 3.41. The van der Waals surface area contributed by atoms with Gasteiger partial charge in [-0.2, -0.15) is 0 Å². The summed E-state index contributed by atoms with van der Waals surface area (Å²) in [5.74, 6) is 0.719. The Labute approximate surface area is 83.0 Å². The molecule has 0 spiro atoms. The summed E-state index contributed by atoms with van der Waals surface area (Å²) in [5, 5.41) is 2.98. The quantitative estimate of drug-likeness (QED) is 0.698. The molecule has 1 aromatic heterocycles. The van der Waals surface area contributed by atoms with Crippen molar-refractivity contribution in [2.45, 2.75) is 6.92 Å². The van der Waals surface area contributed by atoms with Gasteiger partial charge in [0.1, 0.15) is 0 Å². The Kier molecular flexibility index (Phi) is 3.64. The Morgan fingerprint density at radius 1 is 1.71 bits per heavy atom. The maximum atomic E-state index is 11.5. The summed E-state index contributed by atoms with van der Waals surface area (Å²) in [5.41, 5.74) is 5.35. The molecule has 0 saturated heterocycles. The Hall–Kier alpha value is -1.36. The fraction of sp³-hybridized carbons (Fsp3) is 0.556. The zero-order valence-corrected chi connectivity index (χ0v) is 8.53. The van der Waals surface area contributed by atoms with Gasteiger partial charge in [-0.15, -0.1) is 0 Å². The molecule has 1 unspecified atom stereocenters. The van der Waals surface area contributed by atoms with E-state index in [0.29, 0.717) is 24.8 Å². The topological polar surface area (TPSA) is 72.9 Å². The van der Waals surface area contributed by atoms with E-state index < -0.39 is 0 Å². The second-order valence-electron chi connectivity index (χ2n) is 3.41. The van der Waals surface area contributed by atoms with Gasteiger partial charge in [0.2, 0.25) is 0 Å². The van der Waals surface area contributed by atoms with Crippen molar-refractivity contribution in [2.24, 2.45) is 18.7 Å². The predicted molar refractivity (Wildman–Crippen MR) is 56.2 cm³/mol. The molecule has 1 aromatic rings. The van der Waals surface area contributed by atoms with Crippen LogP contribution in [-0.4, -0.2) is 22.6 Å². The molecule has 0 aliphatic heterocycles. The van der Waals surface area contributed by atoms with Crippen LogP contribution in [0.4, 0.5) is 5.82 Å². The molecule has 0 saturated carbocycles. The molecule has 0 aromatic carbocycles. The highest BCUT2D eigenvalue weighted by Crippen LogP contribution is 1.95. The largest absolute Gasteiger partial charge is 0.365 e. The number of nitrogens with zero attached hydrogens (tertiary/aromatic N) is 2. The van der Waals surface area contributed by atoms with Gasteiger partial charge in [-0.05, 0) is 12.5 Å². The van der Waals surface area contributed by atoms with Gasteiger partial charge < -0.3 is 15.6 Å². The molecular formula is C9H16N4O. The number of nitrogens with two attached hydrogens (primary N) is 1. The predicted octanol–water partition coefficient (Wildman–Crippen LogP) is -0.213. The molecule has 78 valence electrons. The van der Waals surface area contributed by atoms with Crippen molar-refractivity contribution in [3.63, 3.8) is 0 Å². The Bertz CT molecular complexity index is 347. The van der Waals surface area contributed by atoms with Gasteiger partial charge in [0.25, 0.3) is 5.56 Å². The number of hydrogen-bond acceptors (Lipinski definition) is 4. The zero-order valence-electron chi connectivity index (χ0n) is 8.53. The lowest BCUT2D eigenvalue weighted by Gasteiger charge is -2.10. The van der Waals surface area contributed by atoms with Crippen LogP contribution in [0.5, 0.6) is 0 Å². The first-order valence-electron chi connectivity index (χ1n) is 4.60. The fourth-order valence-electron chi connectivity index (χ4n) is 0.973. The molecule has 14 heavy (non-hydrogen) atoms. The minimum absolute atomic E-state index is 0.114. The second kappa shape index (κ2) is 4.76. The molecule has 5 nitrogen and oxygen atoms in total. The summed E-state index contributed by atoms with van der Waals surface area (Å²) in [6.07, 6.45) is 3.22. The third kappa shape index (κ3) is 2.56. The molecule has 0 fully saturated rings. The normalized spacial score (nSPS) is 12.5. The van der Waals surface area contributed by atoms with Crippen LogP contribution in [-0.2, 0) is 7.05 Å². The Balaban J connectivity index is 2.68. The maximum absolute atomic E-state index is 11.5. The molecular weight excluding hydrogens is 180 g/mol. The molecule has 1 heterocycles. The molecule has 3 N–H and O–H groups in total. The number of hydrogen-bond donors (Lipinski definition) is 2. The van der Waals surface area contributed by atoms with Crippen LogP contribution in [0.1, 0.15) is 6.92 Å². The van der Waals surface area contributed by atoms with E-state index in [9.17, 15) is 4.79 Å². The van der Waals surface area contributed by atoms with Crippen LogP contribution in [0.25, 0.3) is 0 Å². The summed E-state index contributed by atoms with van der Waals surface area (Å²) in [6, 6.07) is 0. The van der Waals surface area contributed by atoms with Gasteiger partial charge in [0, 0.05) is 26.0 Å². The van der Waals surface area contributed by atoms with Crippen molar-refractivity contribution >= 4 is 5.82 Å². The van der Waals surface area contributed by atoms with E-state index in [0.717, 1.165) is 0 Å². The number of rotatable bonds is 4. The standard InChI is InChI=1S/C9H16N4O/c1-7(5-10)6-12-8-9(14)13(2)4-3-11-8/h3-4,7H,5-6,10H2,1-2H3,(H,11,12). The molecule has 0 amide bonds. The Morgan fingerprint density at radius 2 is 2.43 bits per heavy atom. The van der Waals surface area contributed by atoms with Crippen LogP contribution in [0.3, 0.4) is 0 Å². The van der Waals surface area contributed by atoms with Crippen LogP contribution >= 0.6 is 0 Å². The van der Waals surface area contributed by atoms with Crippen molar-refractivity contribution < 1.29 is 0 Å². The van der Waals surface area contributed by atoms with Gasteiger partial charge in [0.15, 0.2) is 5.82 Å². The van der Waals surface area contributed by atoms with E-state index in [2.05, 4.69) is 10.3 Å². The van der Waals surface area contributed by atoms with E-state index in [1.807, 2.05) is 6.92 Å². The molecule has 0 aliphatic rings. The number of nitrogens with one attached hydrogen (secondary N) is 1. The number of aromatic nitrogens is 2. The molecule has 0 aliphatic carbocycles. The summed E-state index contributed by atoms with van der Waals surface area (Å²) < 4.78 is 1.49. The van der Waals surface area contributed by atoms with Gasteiger partial charge >= 0.3 is 0 Å². The van der Waals surface area contributed by atoms with E-state index in [-0.39, 0.29) is 5.56 Å². The van der Waals surface area contributed by atoms with E-state index in [1.54, 1.807) is 19.4 Å². The van der Waals surface area contributed by atoms with E-state index in [4.69, 9.17) is 5.73 Å². The van der Waals surface area contributed by atoms with Gasteiger partial charge in [-0.3, -0.25) is 4.79 Å². The van der Waals surface area contributed by atoms with Crippen molar-refractivity contribution in [3.8, 4) is 0 Å². The van der Waals surface area contributed by atoms with Crippen LogP contribution < -0.4 is 16.6 Å². The summed E-state index contributed by atoms with van der Waals surface area (Å²) in [4.78, 5) is 15.4. The number of aryl methyl sites for hydroxylation is 1. The van der Waals surface area contributed by atoms with Crippen molar-refractivity contribution in [1.29, 1.82) is 0 Å². The molecule has 0 bridgehead atoms.